The summed E-state index contributed by atoms with van der Waals surface area (Å²) in [5, 5.41) is 11.0. The number of hydrogen-bond acceptors (Lipinski definition) is 5. The van der Waals surface area contributed by atoms with Gasteiger partial charge in [-0.25, -0.2) is 0 Å². The van der Waals surface area contributed by atoms with Gasteiger partial charge in [0.1, 0.15) is 13.2 Å². The number of nitro benzene ring substituents is 1. The van der Waals surface area contributed by atoms with E-state index in [1.165, 1.54) is 6.07 Å². The normalized spacial score (nSPS) is 12.8. The molecule has 0 fully saturated rings. The Balaban J connectivity index is 0.00000243. The minimum absolute atomic E-state index is 0. The van der Waals surface area contributed by atoms with Gasteiger partial charge in [-0.2, -0.15) is 0 Å². The van der Waals surface area contributed by atoms with Crippen LogP contribution >= 0.6 is 12.4 Å². The van der Waals surface area contributed by atoms with Gasteiger partial charge in [-0.1, -0.05) is 30.4 Å². The molecule has 1 aliphatic heterocycles. The Morgan fingerprint density at radius 1 is 1.15 bits per heavy atom. The van der Waals surface area contributed by atoms with Crippen molar-refractivity contribution in [3.8, 4) is 11.5 Å². The highest BCUT2D eigenvalue weighted by molar-refractivity contribution is 5.85. The molecule has 0 bridgehead atoms. The minimum Gasteiger partial charge on any atom is -0.486 e. The van der Waals surface area contributed by atoms with Crippen molar-refractivity contribution in [3.05, 3.63) is 69.8 Å². The molecule has 0 saturated carbocycles. The zero-order chi connectivity index (χ0) is 17.6. The van der Waals surface area contributed by atoms with Crippen LogP contribution in [-0.4, -0.2) is 36.6 Å². The number of nitrogens with zero attached hydrogens (tertiary/aromatic N) is 2. The lowest BCUT2D eigenvalue weighted by molar-refractivity contribution is -0.385. The molecule has 6 nitrogen and oxygen atoms in total. The van der Waals surface area contributed by atoms with Crippen LogP contribution in [-0.2, 0) is 6.54 Å². The number of nitro groups is 1. The maximum Gasteiger partial charge on any atom is 0.276 e. The molecule has 1 aliphatic rings. The Morgan fingerprint density at radius 2 is 1.88 bits per heavy atom. The molecule has 0 aromatic heterocycles. The molecule has 2 aromatic carbocycles. The number of para-hydroxylation sites is 1. The van der Waals surface area contributed by atoms with E-state index in [0.717, 1.165) is 23.6 Å². The predicted molar refractivity (Wildman–Crippen MR) is 103 cm³/mol. The van der Waals surface area contributed by atoms with Crippen molar-refractivity contribution in [2.45, 2.75) is 6.54 Å². The van der Waals surface area contributed by atoms with Crippen molar-refractivity contribution in [1.82, 2.24) is 4.90 Å². The molecule has 138 valence electrons. The standard InChI is InChI=1S/C19H20N2O4.ClH/c1-20(10-4-6-16-5-2-3-7-17(16)21(22)23)14-15-8-9-18-19(13-15)25-12-11-24-18;/h2-9,13H,10-12,14H2,1H3;1H/b6-4+;. The maximum atomic E-state index is 11.0. The summed E-state index contributed by atoms with van der Waals surface area (Å²) in [4.78, 5) is 12.8. The number of ether oxygens (including phenoxy) is 2. The third kappa shape index (κ3) is 4.97. The lowest BCUT2D eigenvalue weighted by atomic mass is 10.1. The summed E-state index contributed by atoms with van der Waals surface area (Å²) < 4.78 is 11.1. The Kier molecular flexibility index (Phi) is 7.00. The van der Waals surface area contributed by atoms with E-state index in [9.17, 15) is 10.1 Å². The monoisotopic (exact) mass is 376 g/mol. The van der Waals surface area contributed by atoms with Crippen LogP contribution in [0.15, 0.2) is 48.5 Å². The molecule has 0 spiro atoms. The summed E-state index contributed by atoms with van der Waals surface area (Å²) in [5.41, 5.74) is 1.86. The predicted octanol–water partition coefficient (Wildman–Crippen LogP) is 3.93. The van der Waals surface area contributed by atoms with Gasteiger partial charge in [0.2, 0.25) is 0 Å². The highest BCUT2D eigenvalue weighted by Gasteiger charge is 2.12. The first-order valence-corrected chi connectivity index (χ1v) is 8.10. The quantitative estimate of drug-likeness (QED) is 0.564. The number of likely N-dealkylation sites (N-methyl/N-ethyl adjacent to an activating group) is 1. The number of rotatable bonds is 6. The Morgan fingerprint density at radius 3 is 2.65 bits per heavy atom. The van der Waals surface area contributed by atoms with Crippen LogP contribution in [0.4, 0.5) is 5.69 Å². The first kappa shape index (κ1) is 19.8. The second kappa shape index (κ2) is 9.22. The largest absolute Gasteiger partial charge is 0.486 e. The molecular weight excluding hydrogens is 356 g/mol. The van der Waals surface area contributed by atoms with Crippen molar-refractivity contribution in [1.29, 1.82) is 0 Å². The molecular formula is C19H21ClN2O4. The fraction of sp³-hybridized carbons (Fsp3) is 0.263. The van der Waals surface area contributed by atoms with Crippen molar-refractivity contribution in [3.63, 3.8) is 0 Å². The molecule has 2 aromatic rings. The van der Waals surface area contributed by atoms with Gasteiger partial charge in [0.05, 0.1) is 10.5 Å². The number of fused-ring (bicyclic) bond motifs is 1. The summed E-state index contributed by atoms with van der Waals surface area (Å²) in [6, 6.07) is 12.7. The van der Waals surface area contributed by atoms with Gasteiger partial charge >= 0.3 is 0 Å². The molecule has 26 heavy (non-hydrogen) atoms. The first-order chi connectivity index (χ1) is 12.1. The molecule has 7 heteroatoms. The second-order valence-corrected chi connectivity index (χ2v) is 5.89. The van der Waals surface area contributed by atoms with Crippen LogP contribution < -0.4 is 9.47 Å². The molecule has 3 rings (SSSR count). The molecule has 0 atom stereocenters. The Labute approximate surface area is 158 Å². The lowest BCUT2D eigenvalue weighted by Gasteiger charge is -2.20. The highest BCUT2D eigenvalue weighted by atomic mass is 35.5. The summed E-state index contributed by atoms with van der Waals surface area (Å²) in [6.07, 6.45) is 3.72. The van der Waals surface area contributed by atoms with Crippen LogP contribution in [0.3, 0.4) is 0 Å². The van der Waals surface area contributed by atoms with Gasteiger partial charge in [0.25, 0.3) is 5.69 Å². The van der Waals surface area contributed by atoms with Gasteiger partial charge in [0, 0.05) is 19.2 Å². The number of benzene rings is 2. The molecule has 0 unspecified atom stereocenters. The summed E-state index contributed by atoms with van der Waals surface area (Å²) >= 11 is 0. The summed E-state index contributed by atoms with van der Waals surface area (Å²) in [7, 11) is 2.00. The van der Waals surface area contributed by atoms with Crippen LogP contribution in [0.1, 0.15) is 11.1 Å². The topological polar surface area (TPSA) is 64.8 Å². The van der Waals surface area contributed by atoms with Gasteiger partial charge < -0.3 is 9.47 Å². The van der Waals surface area contributed by atoms with E-state index in [1.807, 2.05) is 31.3 Å². The number of hydrogen-bond donors (Lipinski definition) is 0. The summed E-state index contributed by atoms with van der Waals surface area (Å²) in [6.45, 7) is 2.59. The fourth-order valence-electron chi connectivity index (χ4n) is 2.72. The van der Waals surface area contributed by atoms with Gasteiger partial charge in [-0.3, -0.25) is 15.0 Å². The van der Waals surface area contributed by atoms with Gasteiger partial charge in [0.15, 0.2) is 11.5 Å². The van der Waals surface area contributed by atoms with Crippen molar-refractivity contribution >= 4 is 24.2 Å². The maximum absolute atomic E-state index is 11.0. The third-order valence-electron chi connectivity index (χ3n) is 3.91. The van der Waals surface area contributed by atoms with E-state index in [1.54, 1.807) is 24.3 Å². The van der Waals surface area contributed by atoms with Crippen molar-refractivity contribution in [2.24, 2.45) is 0 Å². The van der Waals surface area contributed by atoms with Crippen molar-refractivity contribution in [2.75, 3.05) is 26.8 Å². The van der Waals surface area contributed by atoms with Crippen LogP contribution in [0.2, 0.25) is 0 Å². The molecule has 0 amide bonds. The van der Waals surface area contributed by atoms with Gasteiger partial charge in [-0.15, -0.1) is 12.4 Å². The average Bonchev–Trinajstić information content (AvgIpc) is 2.62. The smallest absolute Gasteiger partial charge is 0.276 e. The third-order valence-corrected chi connectivity index (χ3v) is 3.91. The Hall–Kier alpha value is -2.57. The highest BCUT2D eigenvalue weighted by Crippen LogP contribution is 2.31. The summed E-state index contributed by atoms with van der Waals surface area (Å²) in [5.74, 6) is 1.57. The molecule has 0 radical (unpaired) electrons. The molecule has 1 heterocycles. The van der Waals surface area contributed by atoms with E-state index < -0.39 is 0 Å². The van der Waals surface area contributed by atoms with Crippen LogP contribution in [0.25, 0.3) is 6.08 Å². The van der Waals surface area contributed by atoms with Gasteiger partial charge in [-0.05, 0) is 30.8 Å². The van der Waals surface area contributed by atoms with E-state index in [4.69, 9.17) is 9.47 Å². The minimum atomic E-state index is -0.363. The zero-order valence-electron chi connectivity index (χ0n) is 14.5. The molecule has 0 aliphatic carbocycles. The first-order valence-electron chi connectivity index (χ1n) is 8.10. The SMILES string of the molecule is CN(C/C=C/c1ccccc1[N+](=O)[O-])Cc1ccc2c(c1)OCCO2.Cl. The second-order valence-electron chi connectivity index (χ2n) is 5.89. The van der Waals surface area contributed by atoms with E-state index in [-0.39, 0.29) is 23.0 Å². The number of halogens is 1. The fourth-order valence-corrected chi connectivity index (χ4v) is 2.72. The van der Waals surface area contributed by atoms with E-state index in [0.29, 0.717) is 25.3 Å². The van der Waals surface area contributed by atoms with Crippen LogP contribution in [0.5, 0.6) is 11.5 Å². The lowest BCUT2D eigenvalue weighted by Crippen LogP contribution is -2.19. The molecule has 0 N–H and O–H groups in total. The Bertz CT molecular complexity index is 795. The van der Waals surface area contributed by atoms with E-state index in [2.05, 4.69) is 4.90 Å². The molecule has 0 saturated heterocycles. The average molecular weight is 377 g/mol. The van der Waals surface area contributed by atoms with Crippen LogP contribution in [0, 0.1) is 10.1 Å². The van der Waals surface area contributed by atoms with Crippen molar-refractivity contribution < 1.29 is 14.4 Å². The van der Waals surface area contributed by atoms with E-state index >= 15 is 0 Å². The zero-order valence-corrected chi connectivity index (χ0v) is 15.3.